The van der Waals surface area contributed by atoms with E-state index in [4.69, 9.17) is 22.2 Å². The fourth-order valence-corrected chi connectivity index (χ4v) is 3.28. The van der Waals surface area contributed by atoms with Crippen molar-refractivity contribution in [1.29, 1.82) is 0 Å². The zero-order chi connectivity index (χ0) is 15.4. The number of nitrogens with two attached hydrogens (primary N) is 1. The molecular weight excluding hydrogens is 423 g/mol. The predicted molar refractivity (Wildman–Crippen MR) is 89.3 cm³/mol. The lowest BCUT2D eigenvalue weighted by Crippen LogP contribution is -2.30. The molecule has 3 N–H and O–H groups in total. The van der Waals surface area contributed by atoms with Gasteiger partial charge in [-0.05, 0) is 50.1 Å². The number of hydrogen-bond donors (Lipinski definition) is 2. The van der Waals surface area contributed by atoms with Crippen LogP contribution in [0.5, 0.6) is 5.75 Å². The van der Waals surface area contributed by atoms with Gasteiger partial charge in [-0.3, -0.25) is 10.2 Å². The minimum absolute atomic E-state index is 0.319. The number of benzene rings is 2. The van der Waals surface area contributed by atoms with Crippen LogP contribution in [-0.2, 0) is 6.61 Å². The summed E-state index contributed by atoms with van der Waals surface area (Å²) in [6.45, 7) is 0.319. The third-order valence-electron chi connectivity index (χ3n) is 2.72. The second-order valence-electron chi connectivity index (χ2n) is 4.12. The number of rotatable bonds is 4. The van der Waals surface area contributed by atoms with Gasteiger partial charge in [0.2, 0.25) is 0 Å². The van der Waals surface area contributed by atoms with Crippen molar-refractivity contribution in [1.82, 2.24) is 5.43 Å². The summed E-state index contributed by atoms with van der Waals surface area (Å²) in [4.78, 5) is 11.5. The van der Waals surface area contributed by atoms with Crippen LogP contribution in [0.15, 0.2) is 45.3 Å². The second-order valence-corrected chi connectivity index (χ2v) is 6.24. The summed E-state index contributed by atoms with van der Waals surface area (Å²) >= 11 is 12.8. The van der Waals surface area contributed by atoms with E-state index in [1.54, 1.807) is 18.2 Å². The number of hydrazine groups is 1. The van der Waals surface area contributed by atoms with Crippen LogP contribution in [0.2, 0.25) is 5.02 Å². The van der Waals surface area contributed by atoms with E-state index >= 15 is 0 Å². The van der Waals surface area contributed by atoms with Crippen molar-refractivity contribution < 1.29 is 9.53 Å². The van der Waals surface area contributed by atoms with Gasteiger partial charge < -0.3 is 4.74 Å². The van der Waals surface area contributed by atoms with Gasteiger partial charge in [-0.1, -0.05) is 29.8 Å². The first-order valence-corrected chi connectivity index (χ1v) is 7.85. The monoisotopic (exact) mass is 432 g/mol. The van der Waals surface area contributed by atoms with Gasteiger partial charge in [0, 0.05) is 16.1 Å². The molecule has 0 aromatic heterocycles. The van der Waals surface area contributed by atoms with Gasteiger partial charge in [-0.25, -0.2) is 5.84 Å². The summed E-state index contributed by atoms with van der Waals surface area (Å²) < 4.78 is 7.04. The van der Waals surface area contributed by atoms with Gasteiger partial charge in [0.05, 0.1) is 8.95 Å². The average Bonchev–Trinajstić information content (AvgIpc) is 2.47. The number of nitrogen functional groups attached to an aromatic ring is 1. The molecule has 110 valence electrons. The topological polar surface area (TPSA) is 64.3 Å². The highest BCUT2D eigenvalue weighted by atomic mass is 79.9. The summed E-state index contributed by atoms with van der Waals surface area (Å²) in [5.41, 5.74) is 3.38. The zero-order valence-electron chi connectivity index (χ0n) is 10.7. The normalized spacial score (nSPS) is 10.3. The quantitative estimate of drug-likeness (QED) is 0.434. The first-order chi connectivity index (χ1) is 10.0. The molecule has 0 saturated heterocycles. The lowest BCUT2D eigenvalue weighted by molar-refractivity contribution is 0.0953. The van der Waals surface area contributed by atoms with Crippen LogP contribution < -0.4 is 16.0 Å². The molecule has 2 aromatic rings. The van der Waals surface area contributed by atoms with Crippen LogP contribution in [0, 0.1) is 0 Å². The number of carbonyl (C=O) groups is 1. The summed E-state index contributed by atoms with van der Waals surface area (Å²) in [7, 11) is 0. The molecule has 0 aliphatic heterocycles. The smallest absolute Gasteiger partial charge is 0.265 e. The molecule has 0 fully saturated rings. The van der Waals surface area contributed by atoms with Crippen molar-refractivity contribution in [2.75, 3.05) is 0 Å². The van der Waals surface area contributed by atoms with E-state index < -0.39 is 0 Å². The highest BCUT2D eigenvalue weighted by molar-refractivity contribution is 9.11. The van der Waals surface area contributed by atoms with Crippen molar-refractivity contribution in [3.63, 3.8) is 0 Å². The Kier molecular flexibility index (Phi) is 5.64. The molecule has 0 bridgehead atoms. The largest absolute Gasteiger partial charge is 0.486 e. The maximum atomic E-state index is 11.5. The molecule has 0 aliphatic carbocycles. The summed E-state index contributed by atoms with van der Waals surface area (Å²) in [6.07, 6.45) is 0. The third kappa shape index (κ3) is 3.97. The zero-order valence-corrected chi connectivity index (χ0v) is 14.6. The molecule has 0 unspecified atom stereocenters. The Labute approximate surface area is 143 Å². The molecule has 0 saturated carbocycles. The molecule has 2 rings (SSSR count). The molecule has 1 amide bonds. The van der Waals surface area contributed by atoms with Crippen molar-refractivity contribution in [3.05, 3.63) is 61.5 Å². The highest BCUT2D eigenvalue weighted by Gasteiger charge is 2.13. The number of nitrogens with one attached hydrogen (secondary N) is 1. The maximum absolute atomic E-state index is 11.5. The molecule has 4 nitrogen and oxygen atoms in total. The summed E-state index contributed by atoms with van der Waals surface area (Å²) in [5, 5.41) is 0.642. The number of carbonyl (C=O) groups excluding carboxylic acids is 1. The Morgan fingerprint density at radius 1 is 1.24 bits per heavy atom. The van der Waals surface area contributed by atoms with E-state index in [-0.39, 0.29) is 5.91 Å². The molecule has 0 aliphatic rings. The van der Waals surface area contributed by atoms with Gasteiger partial charge >= 0.3 is 0 Å². The van der Waals surface area contributed by atoms with Crippen LogP contribution in [0.25, 0.3) is 0 Å². The number of halogens is 3. The van der Waals surface area contributed by atoms with E-state index in [2.05, 4.69) is 37.3 Å². The van der Waals surface area contributed by atoms with E-state index in [0.717, 1.165) is 5.56 Å². The van der Waals surface area contributed by atoms with Crippen LogP contribution >= 0.6 is 43.5 Å². The predicted octanol–water partition coefficient (Wildman–Crippen LogP) is 4.05. The molecule has 0 radical (unpaired) electrons. The van der Waals surface area contributed by atoms with Gasteiger partial charge in [0.15, 0.2) is 0 Å². The van der Waals surface area contributed by atoms with Gasteiger partial charge in [0.25, 0.3) is 5.91 Å². The Balaban J connectivity index is 2.21. The molecular formula is C14H11Br2ClN2O2. The Hall–Kier alpha value is -1.08. The molecule has 21 heavy (non-hydrogen) atoms. The van der Waals surface area contributed by atoms with E-state index in [0.29, 0.717) is 31.9 Å². The van der Waals surface area contributed by atoms with Gasteiger partial charge in [0.1, 0.15) is 12.4 Å². The highest BCUT2D eigenvalue weighted by Crippen LogP contribution is 2.35. The van der Waals surface area contributed by atoms with Gasteiger partial charge in [-0.2, -0.15) is 0 Å². The van der Waals surface area contributed by atoms with Crippen molar-refractivity contribution in [3.8, 4) is 5.75 Å². The minimum atomic E-state index is -0.381. The van der Waals surface area contributed by atoms with Crippen LogP contribution in [0.1, 0.15) is 15.9 Å². The summed E-state index contributed by atoms with van der Waals surface area (Å²) in [5.74, 6) is 5.32. The van der Waals surface area contributed by atoms with Crippen LogP contribution in [0.4, 0.5) is 0 Å². The fourth-order valence-electron chi connectivity index (χ4n) is 1.68. The first kappa shape index (κ1) is 16.3. The van der Waals surface area contributed by atoms with Gasteiger partial charge in [-0.15, -0.1) is 0 Å². The van der Waals surface area contributed by atoms with Crippen molar-refractivity contribution in [2.45, 2.75) is 6.61 Å². The number of amides is 1. The van der Waals surface area contributed by atoms with E-state index in [1.165, 1.54) is 0 Å². The lowest BCUT2D eigenvalue weighted by Gasteiger charge is -2.12. The first-order valence-electron chi connectivity index (χ1n) is 5.89. The fraction of sp³-hybridized carbons (Fsp3) is 0.0714. The molecule has 0 spiro atoms. The standard InChI is InChI=1S/C14H11Br2ClN2O2/c15-10-5-9(14(20)19-18)6-11(16)13(10)21-7-8-3-1-2-4-12(8)17/h1-6H,7,18H2,(H,19,20). The maximum Gasteiger partial charge on any atom is 0.265 e. The molecule has 0 heterocycles. The summed E-state index contributed by atoms with van der Waals surface area (Å²) in [6, 6.07) is 10.7. The Bertz CT molecular complexity index is 657. The van der Waals surface area contributed by atoms with E-state index in [1.807, 2.05) is 18.2 Å². The molecule has 0 atom stereocenters. The van der Waals surface area contributed by atoms with Crippen LogP contribution in [-0.4, -0.2) is 5.91 Å². The molecule has 2 aromatic carbocycles. The third-order valence-corrected chi connectivity index (χ3v) is 4.27. The van der Waals surface area contributed by atoms with E-state index in [9.17, 15) is 4.79 Å². The Morgan fingerprint density at radius 2 is 1.86 bits per heavy atom. The number of hydrogen-bond acceptors (Lipinski definition) is 3. The minimum Gasteiger partial charge on any atom is -0.486 e. The SMILES string of the molecule is NNC(=O)c1cc(Br)c(OCc2ccccc2Cl)c(Br)c1. The molecule has 7 heteroatoms. The number of ether oxygens (including phenoxy) is 1. The van der Waals surface area contributed by atoms with Crippen LogP contribution in [0.3, 0.4) is 0 Å². The average molecular weight is 435 g/mol. The lowest BCUT2D eigenvalue weighted by atomic mass is 10.2. The van der Waals surface area contributed by atoms with Crippen molar-refractivity contribution in [2.24, 2.45) is 5.84 Å². The Morgan fingerprint density at radius 3 is 2.43 bits per heavy atom. The second kappa shape index (κ2) is 7.26. The van der Waals surface area contributed by atoms with Crippen molar-refractivity contribution >= 4 is 49.4 Å².